The van der Waals surface area contributed by atoms with Crippen LogP contribution in [0.4, 0.5) is 0 Å². The SMILES string of the molecule is CCCC/C(=C\c1ccc(O)c(O)c1)C(=O)N[C@@H](Cc1ccccc1)C(=O)C(=O)NCc1ccccc1. The van der Waals surface area contributed by atoms with Gasteiger partial charge in [0.25, 0.3) is 5.91 Å². The second-order valence-electron chi connectivity index (χ2n) is 8.77. The highest BCUT2D eigenvalue weighted by atomic mass is 16.3. The van der Waals surface area contributed by atoms with E-state index in [0.29, 0.717) is 17.6 Å². The van der Waals surface area contributed by atoms with E-state index < -0.39 is 23.6 Å². The Morgan fingerprint density at radius 1 is 0.838 bits per heavy atom. The van der Waals surface area contributed by atoms with Crippen LogP contribution in [0.2, 0.25) is 0 Å². The first-order valence-electron chi connectivity index (χ1n) is 12.3. The zero-order chi connectivity index (χ0) is 26.6. The van der Waals surface area contributed by atoms with Crippen molar-refractivity contribution >= 4 is 23.7 Å². The fraction of sp³-hybridized carbons (Fsp3) is 0.233. The molecule has 0 spiro atoms. The van der Waals surface area contributed by atoms with Crippen LogP contribution in [0.3, 0.4) is 0 Å². The molecule has 3 aromatic carbocycles. The molecule has 192 valence electrons. The molecule has 4 N–H and O–H groups in total. The molecule has 0 aliphatic heterocycles. The monoisotopic (exact) mass is 500 g/mol. The summed E-state index contributed by atoms with van der Waals surface area (Å²) in [6.45, 7) is 2.20. The van der Waals surface area contributed by atoms with Gasteiger partial charge in [0, 0.05) is 18.5 Å². The van der Waals surface area contributed by atoms with Crippen molar-refractivity contribution < 1.29 is 24.6 Å². The number of phenolic OH excluding ortho intramolecular Hbond substituents is 2. The van der Waals surface area contributed by atoms with Crippen molar-refractivity contribution in [1.82, 2.24) is 10.6 Å². The van der Waals surface area contributed by atoms with E-state index in [1.54, 1.807) is 12.1 Å². The molecule has 0 aromatic heterocycles. The first-order chi connectivity index (χ1) is 17.9. The number of Topliss-reactive ketones (excluding diaryl/α,β-unsaturated/α-hetero) is 1. The van der Waals surface area contributed by atoms with Crippen molar-refractivity contribution in [1.29, 1.82) is 0 Å². The third-order valence-electron chi connectivity index (χ3n) is 5.86. The van der Waals surface area contributed by atoms with Crippen LogP contribution in [-0.4, -0.2) is 33.9 Å². The molecule has 3 aromatic rings. The summed E-state index contributed by atoms with van der Waals surface area (Å²) in [5, 5.41) is 24.8. The van der Waals surface area contributed by atoms with Gasteiger partial charge in [-0.2, -0.15) is 0 Å². The van der Waals surface area contributed by atoms with Gasteiger partial charge in [0.05, 0.1) is 0 Å². The summed E-state index contributed by atoms with van der Waals surface area (Å²) in [7, 11) is 0. The number of phenols is 2. The fourth-order valence-electron chi connectivity index (χ4n) is 3.78. The highest BCUT2D eigenvalue weighted by Gasteiger charge is 2.28. The van der Waals surface area contributed by atoms with Gasteiger partial charge >= 0.3 is 0 Å². The molecule has 2 amide bonds. The van der Waals surface area contributed by atoms with Crippen molar-refractivity contribution in [3.05, 3.63) is 101 Å². The summed E-state index contributed by atoms with van der Waals surface area (Å²) in [4.78, 5) is 39.3. The van der Waals surface area contributed by atoms with E-state index in [1.807, 2.05) is 67.6 Å². The normalized spacial score (nSPS) is 12.0. The second kappa shape index (κ2) is 13.6. The van der Waals surface area contributed by atoms with Crippen LogP contribution < -0.4 is 10.6 Å². The molecular weight excluding hydrogens is 468 g/mol. The second-order valence-corrected chi connectivity index (χ2v) is 8.77. The van der Waals surface area contributed by atoms with E-state index in [9.17, 15) is 24.6 Å². The Morgan fingerprint density at radius 3 is 2.11 bits per heavy atom. The molecule has 0 radical (unpaired) electrons. The van der Waals surface area contributed by atoms with Gasteiger partial charge in [0.1, 0.15) is 6.04 Å². The van der Waals surface area contributed by atoms with Crippen LogP contribution in [0.25, 0.3) is 6.08 Å². The smallest absolute Gasteiger partial charge is 0.289 e. The molecule has 0 unspecified atom stereocenters. The van der Waals surface area contributed by atoms with E-state index in [-0.39, 0.29) is 24.5 Å². The number of carbonyl (C=O) groups is 3. The Balaban J connectivity index is 1.81. The molecule has 0 fully saturated rings. The number of hydrogen-bond donors (Lipinski definition) is 4. The quantitative estimate of drug-likeness (QED) is 0.168. The minimum absolute atomic E-state index is 0.158. The van der Waals surface area contributed by atoms with Crippen molar-refractivity contribution in [2.75, 3.05) is 0 Å². The number of ketones is 1. The minimum atomic E-state index is -1.07. The Kier molecular flexibility index (Phi) is 10.0. The van der Waals surface area contributed by atoms with Crippen LogP contribution in [0.5, 0.6) is 11.5 Å². The molecular formula is C30H32N2O5. The Bertz CT molecular complexity index is 1240. The van der Waals surface area contributed by atoms with Crippen molar-refractivity contribution in [3.8, 4) is 11.5 Å². The predicted molar refractivity (Wildman–Crippen MR) is 143 cm³/mol. The number of carbonyl (C=O) groups excluding carboxylic acids is 3. The molecule has 0 bridgehead atoms. The van der Waals surface area contributed by atoms with Crippen LogP contribution in [-0.2, 0) is 27.3 Å². The summed E-state index contributed by atoms with van der Waals surface area (Å²) < 4.78 is 0. The number of nitrogens with one attached hydrogen (secondary N) is 2. The first kappa shape index (κ1) is 27.2. The standard InChI is InChI=1S/C30H32N2O5/c1-2-3-14-24(17-23-15-16-26(33)27(34)19-23)29(36)32-25(18-21-10-6-4-7-11-21)28(35)30(37)31-20-22-12-8-5-9-13-22/h4-13,15-17,19,25,33-34H,2-3,14,18,20H2,1H3,(H,31,37)(H,32,36)/b24-17+/t25-/m0/s1. The van der Waals surface area contributed by atoms with Gasteiger partial charge in [-0.25, -0.2) is 0 Å². The maximum absolute atomic E-state index is 13.3. The first-order valence-corrected chi connectivity index (χ1v) is 12.3. The third kappa shape index (κ3) is 8.35. The van der Waals surface area contributed by atoms with Crippen LogP contribution in [0, 0.1) is 0 Å². The van der Waals surface area contributed by atoms with Gasteiger partial charge in [0.15, 0.2) is 11.5 Å². The Morgan fingerprint density at radius 2 is 1.49 bits per heavy atom. The zero-order valence-electron chi connectivity index (χ0n) is 20.8. The van der Waals surface area contributed by atoms with E-state index in [1.165, 1.54) is 12.1 Å². The number of hydrogen-bond acceptors (Lipinski definition) is 5. The van der Waals surface area contributed by atoms with E-state index in [2.05, 4.69) is 10.6 Å². The minimum Gasteiger partial charge on any atom is -0.504 e. The number of unbranched alkanes of at least 4 members (excludes halogenated alkanes) is 1. The van der Waals surface area contributed by atoms with Crippen molar-refractivity contribution in [2.24, 2.45) is 0 Å². The van der Waals surface area contributed by atoms with Gasteiger partial charge < -0.3 is 20.8 Å². The van der Waals surface area contributed by atoms with E-state index >= 15 is 0 Å². The van der Waals surface area contributed by atoms with Gasteiger partial charge in [-0.15, -0.1) is 0 Å². The third-order valence-corrected chi connectivity index (χ3v) is 5.86. The highest BCUT2D eigenvalue weighted by Crippen LogP contribution is 2.26. The van der Waals surface area contributed by atoms with Crippen LogP contribution in [0.1, 0.15) is 42.9 Å². The lowest BCUT2D eigenvalue weighted by atomic mass is 9.99. The van der Waals surface area contributed by atoms with E-state index in [0.717, 1.165) is 24.0 Å². The van der Waals surface area contributed by atoms with Crippen molar-refractivity contribution in [3.63, 3.8) is 0 Å². The average Bonchev–Trinajstić information content (AvgIpc) is 2.92. The number of rotatable bonds is 12. The summed E-state index contributed by atoms with van der Waals surface area (Å²) in [5.74, 6) is -2.52. The predicted octanol–water partition coefficient (Wildman–Crippen LogP) is 4.28. The topological polar surface area (TPSA) is 116 Å². The highest BCUT2D eigenvalue weighted by molar-refractivity contribution is 6.38. The Hall–Kier alpha value is -4.39. The summed E-state index contributed by atoms with van der Waals surface area (Å²) >= 11 is 0. The summed E-state index contributed by atoms with van der Waals surface area (Å²) in [6.07, 6.45) is 3.79. The van der Waals surface area contributed by atoms with Gasteiger partial charge in [-0.1, -0.05) is 80.1 Å². The van der Waals surface area contributed by atoms with Crippen LogP contribution >= 0.6 is 0 Å². The lowest BCUT2D eigenvalue weighted by Crippen LogP contribution is -2.49. The van der Waals surface area contributed by atoms with E-state index in [4.69, 9.17) is 0 Å². The molecule has 0 aliphatic carbocycles. The molecule has 3 rings (SSSR count). The van der Waals surface area contributed by atoms with Gasteiger partial charge in [-0.3, -0.25) is 14.4 Å². The molecule has 0 aliphatic rings. The zero-order valence-corrected chi connectivity index (χ0v) is 20.8. The maximum Gasteiger partial charge on any atom is 0.289 e. The molecule has 0 heterocycles. The lowest BCUT2D eigenvalue weighted by molar-refractivity contribution is -0.139. The number of aromatic hydroxyl groups is 2. The lowest BCUT2D eigenvalue weighted by Gasteiger charge is -2.19. The molecule has 7 heteroatoms. The van der Waals surface area contributed by atoms with Gasteiger partial charge in [0.2, 0.25) is 11.7 Å². The van der Waals surface area contributed by atoms with Crippen molar-refractivity contribution in [2.45, 2.75) is 45.2 Å². The largest absolute Gasteiger partial charge is 0.504 e. The fourth-order valence-corrected chi connectivity index (χ4v) is 3.78. The average molecular weight is 501 g/mol. The summed E-state index contributed by atoms with van der Waals surface area (Å²) in [6, 6.07) is 21.7. The molecule has 1 atom stereocenters. The Labute approximate surface area is 216 Å². The van der Waals surface area contributed by atoms with Crippen LogP contribution in [0.15, 0.2) is 84.4 Å². The molecule has 7 nitrogen and oxygen atoms in total. The maximum atomic E-state index is 13.3. The summed E-state index contributed by atoms with van der Waals surface area (Å²) in [5.41, 5.74) is 2.60. The number of benzene rings is 3. The number of amides is 2. The van der Waals surface area contributed by atoms with Gasteiger partial charge in [-0.05, 0) is 47.7 Å². The molecule has 37 heavy (non-hydrogen) atoms. The molecule has 0 saturated carbocycles. The molecule has 0 saturated heterocycles.